The van der Waals surface area contributed by atoms with E-state index in [2.05, 4.69) is 15.9 Å². The van der Waals surface area contributed by atoms with Crippen LogP contribution in [0.25, 0.3) is 0 Å². The number of amides is 1. The zero-order valence-electron chi connectivity index (χ0n) is 10.0. The summed E-state index contributed by atoms with van der Waals surface area (Å²) in [6.45, 7) is -0.409. The van der Waals surface area contributed by atoms with Crippen LogP contribution >= 0.6 is 38.9 Å². The highest BCUT2D eigenvalue weighted by Crippen LogP contribution is 2.25. The Morgan fingerprint density at radius 3 is 2.45 bits per heavy atom. The van der Waals surface area contributed by atoms with E-state index < -0.39 is 12.5 Å². The summed E-state index contributed by atoms with van der Waals surface area (Å²) in [5, 5.41) is 11.2. The molecule has 0 radical (unpaired) electrons. The van der Waals surface area contributed by atoms with Crippen molar-refractivity contribution in [2.24, 2.45) is 0 Å². The van der Waals surface area contributed by atoms with Gasteiger partial charge in [0, 0.05) is 16.1 Å². The molecule has 0 aliphatic heterocycles. The molecule has 1 N–H and O–H groups in total. The zero-order chi connectivity index (χ0) is 14.7. The van der Waals surface area contributed by atoms with Gasteiger partial charge in [0.15, 0.2) is 0 Å². The predicted molar refractivity (Wildman–Crippen MR) is 82.8 cm³/mol. The molecular formula is C13H9BrClNO3S. The Morgan fingerprint density at radius 2 is 1.95 bits per heavy atom. The number of rotatable bonds is 4. The standard InChI is InChI=1S/C13H9BrClNO3S/c14-11-5-8(7-20-11)13(19)16(6-12(17)18)10-3-1-9(15)2-4-10/h1-5,7H,6H2,(H,17,18). The minimum atomic E-state index is -1.08. The van der Waals surface area contributed by atoms with Crippen molar-refractivity contribution >= 4 is 56.4 Å². The van der Waals surface area contributed by atoms with Crippen LogP contribution in [0.5, 0.6) is 0 Å². The largest absolute Gasteiger partial charge is 0.480 e. The number of anilines is 1. The third-order valence-corrected chi connectivity index (χ3v) is 4.25. The number of nitrogens with zero attached hydrogens (tertiary/aromatic N) is 1. The quantitative estimate of drug-likeness (QED) is 0.883. The molecule has 0 fully saturated rings. The Kier molecular flexibility index (Phi) is 4.80. The summed E-state index contributed by atoms with van der Waals surface area (Å²) in [6.07, 6.45) is 0. The first-order chi connectivity index (χ1) is 9.47. The van der Waals surface area contributed by atoms with Gasteiger partial charge in [-0.25, -0.2) is 0 Å². The fourth-order valence-corrected chi connectivity index (χ4v) is 2.87. The second-order valence-corrected chi connectivity index (χ2v) is 6.63. The first-order valence-corrected chi connectivity index (χ1v) is 7.55. The number of hydrogen-bond acceptors (Lipinski definition) is 3. The number of benzene rings is 1. The molecule has 0 aliphatic rings. The minimum absolute atomic E-state index is 0.364. The molecule has 20 heavy (non-hydrogen) atoms. The number of carbonyl (C=O) groups excluding carboxylic acids is 1. The highest BCUT2D eigenvalue weighted by atomic mass is 79.9. The molecule has 0 atom stereocenters. The molecule has 4 nitrogen and oxygen atoms in total. The Labute approximate surface area is 132 Å². The van der Waals surface area contributed by atoms with Crippen LogP contribution in [0.4, 0.5) is 5.69 Å². The number of halogens is 2. The summed E-state index contributed by atoms with van der Waals surface area (Å²) in [5.41, 5.74) is 0.933. The van der Waals surface area contributed by atoms with E-state index in [1.807, 2.05) is 0 Å². The molecule has 0 unspecified atom stereocenters. The maximum Gasteiger partial charge on any atom is 0.323 e. The van der Waals surface area contributed by atoms with E-state index in [1.54, 1.807) is 35.7 Å². The van der Waals surface area contributed by atoms with Gasteiger partial charge < -0.3 is 5.11 Å². The number of carboxylic acids is 1. The average molecular weight is 375 g/mol. The molecule has 0 aliphatic carbocycles. The molecule has 7 heteroatoms. The Bertz CT molecular complexity index is 641. The molecule has 1 amide bonds. The summed E-state index contributed by atoms with van der Waals surface area (Å²) < 4.78 is 0.812. The highest BCUT2D eigenvalue weighted by molar-refractivity contribution is 9.11. The van der Waals surface area contributed by atoms with E-state index in [0.29, 0.717) is 16.3 Å². The summed E-state index contributed by atoms with van der Waals surface area (Å²) in [4.78, 5) is 24.6. The SMILES string of the molecule is O=C(O)CN(C(=O)c1csc(Br)c1)c1ccc(Cl)cc1. The Morgan fingerprint density at radius 1 is 1.30 bits per heavy atom. The summed E-state index contributed by atoms with van der Waals surface area (Å²) >= 11 is 10.4. The van der Waals surface area contributed by atoms with Gasteiger partial charge in [-0.1, -0.05) is 11.6 Å². The molecule has 0 spiro atoms. The van der Waals surface area contributed by atoms with Crippen molar-refractivity contribution in [2.75, 3.05) is 11.4 Å². The molecule has 1 heterocycles. The van der Waals surface area contributed by atoms with Gasteiger partial charge in [-0.2, -0.15) is 0 Å². The molecule has 2 rings (SSSR count). The van der Waals surface area contributed by atoms with Crippen LogP contribution in [-0.2, 0) is 4.79 Å². The molecule has 2 aromatic rings. The second-order valence-electron chi connectivity index (χ2n) is 3.90. The molecular weight excluding hydrogens is 366 g/mol. The lowest BCUT2D eigenvalue weighted by molar-refractivity contribution is -0.135. The second kappa shape index (κ2) is 6.39. The summed E-state index contributed by atoms with van der Waals surface area (Å²) in [6, 6.07) is 8.12. The van der Waals surface area contributed by atoms with Crippen LogP contribution in [0.2, 0.25) is 5.02 Å². The smallest absolute Gasteiger partial charge is 0.323 e. The number of aliphatic carboxylic acids is 1. The summed E-state index contributed by atoms with van der Waals surface area (Å²) in [7, 11) is 0. The number of thiophene rings is 1. The Balaban J connectivity index is 2.34. The summed E-state index contributed by atoms with van der Waals surface area (Å²) in [5.74, 6) is -1.45. The van der Waals surface area contributed by atoms with Crippen LogP contribution in [0.15, 0.2) is 39.5 Å². The number of carbonyl (C=O) groups is 2. The van der Waals surface area contributed by atoms with Crippen molar-refractivity contribution < 1.29 is 14.7 Å². The lowest BCUT2D eigenvalue weighted by Crippen LogP contribution is -2.35. The first kappa shape index (κ1) is 15.0. The third kappa shape index (κ3) is 3.59. The third-order valence-electron chi connectivity index (χ3n) is 2.49. The highest BCUT2D eigenvalue weighted by Gasteiger charge is 2.21. The zero-order valence-corrected chi connectivity index (χ0v) is 13.2. The topological polar surface area (TPSA) is 57.6 Å². The van der Waals surface area contributed by atoms with Crippen LogP contribution in [-0.4, -0.2) is 23.5 Å². The van der Waals surface area contributed by atoms with Gasteiger partial charge >= 0.3 is 5.97 Å². The average Bonchev–Trinajstić information content (AvgIpc) is 2.83. The Hall–Kier alpha value is -1.37. The molecule has 1 aromatic carbocycles. The predicted octanol–water partition coefficient (Wildman–Crippen LogP) is 3.90. The first-order valence-electron chi connectivity index (χ1n) is 5.50. The van der Waals surface area contributed by atoms with Gasteiger partial charge in [-0.3, -0.25) is 14.5 Å². The molecule has 104 valence electrons. The van der Waals surface area contributed by atoms with Gasteiger partial charge in [-0.05, 0) is 46.3 Å². The van der Waals surface area contributed by atoms with Crippen molar-refractivity contribution in [2.45, 2.75) is 0 Å². The normalized spacial score (nSPS) is 10.3. The van der Waals surface area contributed by atoms with E-state index >= 15 is 0 Å². The van der Waals surface area contributed by atoms with Crippen molar-refractivity contribution in [3.05, 3.63) is 50.1 Å². The minimum Gasteiger partial charge on any atom is -0.480 e. The lowest BCUT2D eigenvalue weighted by Gasteiger charge is -2.20. The van der Waals surface area contributed by atoms with Gasteiger partial charge in [0.1, 0.15) is 6.54 Å². The van der Waals surface area contributed by atoms with Crippen molar-refractivity contribution in [3.63, 3.8) is 0 Å². The van der Waals surface area contributed by atoms with E-state index in [4.69, 9.17) is 16.7 Å². The van der Waals surface area contributed by atoms with Crippen LogP contribution in [0.1, 0.15) is 10.4 Å². The van der Waals surface area contributed by atoms with Gasteiger partial charge in [-0.15, -0.1) is 11.3 Å². The molecule has 1 aromatic heterocycles. The maximum absolute atomic E-state index is 12.4. The number of hydrogen-bond donors (Lipinski definition) is 1. The maximum atomic E-state index is 12.4. The van der Waals surface area contributed by atoms with Crippen molar-refractivity contribution in [3.8, 4) is 0 Å². The molecule has 0 saturated carbocycles. The van der Waals surface area contributed by atoms with Gasteiger partial charge in [0.2, 0.25) is 0 Å². The van der Waals surface area contributed by atoms with Gasteiger partial charge in [0.25, 0.3) is 5.91 Å². The lowest BCUT2D eigenvalue weighted by atomic mass is 10.2. The fraction of sp³-hybridized carbons (Fsp3) is 0.0769. The molecule has 0 saturated heterocycles. The monoisotopic (exact) mass is 373 g/mol. The van der Waals surface area contributed by atoms with E-state index in [9.17, 15) is 9.59 Å². The van der Waals surface area contributed by atoms with Crippen molar-refractivity contribution in [1.82, 2.24) is 0 Å². The van der Waals surface area contributed by atoms with Gasteiger partial charge in [0.05, 0.1) is 9.35 Å². The van der Waals surface area contributed by atoms with Crippen LogP contribution < -0.4 is 4.90 Å². The van der Waals surface area contributed by atoms with Crippen LogP contribution in [0, 0.1) is 0 Å². The van der Waals surface area contributed by atoms with E-state index in [-0.39, 0.29) is 5.91 Å². The van der Waals surface area contributed by atoms with E-state index in [1.165, 1.54) is 16.2 Å². The molecule has 0 bridgehead atoms. The fourth-order valence-electron chi connectivity index (χ4n) is 1.61. The number of carboxylic acid groups (broad SMARTS) is 1. The van der Waals surface area contributed by atoms with E-state index in [0.717, 1.165) is 3.79 Å². The van der Waals surface area contributed by atoms with Crippen LogP contribution in [0.3, 0.4) is 0 Å². The van der Waals surface area contributed by atoms with Crippen molar-refractivity contribution in [1.29, 1.82) is 0 Å².